The first kappa shape index (κ1) is 20.8. The van der Waals surface area contributed by atoms with Crippen molar-refractivity contribution in [3.05, 3.63) is 48.3 Å². The average molecular weight is 409 g/mol. The van der Waals surface area contributed by atoms with Crippen LogP contribution in [-0.4, -0.2) is 71.8 Å². The van der Waals surface area contributed by atoms with Gasteiger partial charge in [0.05, 0.1) is 6.54 Å². The van der Waals surface area contributed by atoms with Gasteiger partial charge in [0.2, 0.25) is 11.9 Å². The van der Waals surface area contributed by atoms with E-state index in [0.717, 1.165) is 5.56 Å². The van der Waals surface area contributed by atoms with Crippen LogP contribution in [-0.2, 0) is 11.3 Å². The van der Waals surface area contributed by atoms with Crippen molar-refractivity contribution in [1.29, 1.82) is 0 Å². The first-order valence-electron chi connectivity index (χ1n) is 9.13. The standard InChI is InChI=1S/C19H22F3N5O2/c1-25(13-15-3-5-16(6-4-15)29-19(20,21)22)14-17(28)26-9-11-27(12-10-26)18-23-7-2-8-24-18/h2-8H,9-14H2,1H3. The Morgan fingerprint density at radius 3 is 2.31 bits per heavy atom. The van der Waals surface area contributed by atoms with E-state index < -0.39 is 6.36 Å². The van der Waals surface area contributed by atoms with Gasteiger partial charge in [-0.1, -0.05) is 12.1 Å². The maximum atomic E-state index is 12.5. The molecule has 2 heterocycles. The van der Waals surface area contributed by atoms with Crippen LogP contribution >= 0.6 is 0 Å². The number of likely N-dealkylation sites (N-methyl/N-ethyl adjacent to an activating group) is 1. The molecule has 0 spiro atoms. The lowest BCUT2D eigenvalue weighted by Gasteiger charge is -2.35. The van der Waals surface area contributed by atoms with Gasteiger partial charge in [0.25, 0.3) is 0 Å². The van der Waals surface area contributed by atoms with E-state index in [2.05, 4.69) is 14.7 Å². The van der Waals surface area contributed by atoms with Crippen molar-refractivity contribution >= 4 is 11.9 Å². The van der Waals surface area contributed by atoms with Gasteiger partial charge in [-0.25, -0.2) is 9.97 Å². The molecule has 0 radical (unpaired) electrons. The highest BCUT2D eigenvalue weighted by Crippen LogP contribution is 2.23. The fourth-order valence-corrected chi connectivity index (χ4v) is 3.11. The summed E-state index contributed by atoms with van der Waals surface area (Å²) in [7, 11) is 1.80. The van der Waals surface area contributed by atoms with Crippen LogP contribution in [0.5, 0.6) is 5.75 Å². The Hall–Kier alpha value is -2.88. The molecule has 1 amide bonds. The van der Waals surface area contributed by atoms with E-state index in [9.17, 15) is 18.0 Å². The maximum absolute atomic E-state index is 12.5. The maximum Gasteiger partial charge on any atom is 0.573 e. The van der Waals surface area contributed by atoms with Crippen molar-refractivity contribution in [3.8, 4) is 5.75 Å². The Bertz CT molecular complexity index is 794. The summed E-state index contributed by atoms with van der Waals surface area (Å²) in [6, 6.07) is 7.41. The second-order valence-electron chi connectivity index (χ2n) is 6.78. The SMILES string of the molecule is CN(CC(=O)N1CCN(c2ncccn2)CC1)Cc1ccc(OC(F)(F)F)cc1. The summed E-state index contributed by atoms with van der Waals surface area (Å²) in [5, 5.41) is 0. The quantitative estimate of drug-likeness (QED) is 0.729. The number of aromatic nitrogens is 2. The lowest BCUT2D eigenvalue weighted by Crippen LogP contribution is -2.51. The average Bonchev–Trinajstić information content (AvgIpc) is 2.69. The van der Waals surface area contributed by atoms with Crippen molar-refractivity contribution in [1.82, 2.24) is 19.8 Å². The van der Waals surface area contributed by atoms with E-state index in [0.29, 0.717) is 38.7 Å². The van der Waals surface area contributed by atoms with Gasteiger partial charge < -0.3 is 14.5 Å². The molecular weight excluding hydrogens is 387 g/mol. The van der Waals surface area contributed by atoms with Crippen LogP contribution in [0, 0.1) is 0 Å². The molecule has 1 aromatic carbocycles. The van der Waals surface area contributed by atoms with Crippen LogP contribution in [0.3, 0.4) is 0 Å². The van der Waals surface area contributed by atoms with Gasteiger partial charge in [-0.05, 0) is 30.8 Å². The van der Waals surface area contributed by atoms with Crippen LogP contribution in [0.15, 0.2) is 42.7 Å². The molecule has 1 aromatic heterocycles. The van der Waals surface area contributed by atoms with Gasteiger partial charge >= 0.3 is 6.36 Å². The highest BCUT2D eigenvalue weighted by molar-refractivity contribution is 5.78. The van der Waals surface area contributed by atoms with Crippen LogP contribution in [0.1, 0.15) is 5.56 Å². The Balaban J connectivity index is 1.45. The Morgan fingerprint density at radius 1 is 1.10 bits per heavy atom. The number of halogens is 3. The first-order valence-corrected chi connectivity index (χ1v) is 9.13. The number of ether oxygens (including phenoxy) is 1. The number of alkyl halides is 3. The zero-order valence-electron chi connectivity index (χ0n) is 16.0. The second-order valence-corrected chi connectivity index (χ2v) is 6.78. The molecule has 29 heavy (non-hydrogen) atoms. The lowest BCUT2D eigenvalue weighted by atomic mass is 10.2. The lowest BCUT2D eigenvalue weighted by molar-refractivity contribution is -0.274. The fourth-order valence-electron chi connectivity index (χ4n) is 3.11. The molecule has 1 fully saturated rings. The van der Waals surface area contributed by atoms with E-state index in [4.69, 9.17) is 0 Å². The number of nitrogens with zero attached hydrogens (tertiary/aromatic N) is 5. The topological polar surface area (TPSA) is 61.8 Å². The second kappa shape index (κ2) is 9.08. The van der Waals surface area contributed by atoms with Crippen molar-refractivity contribution in [2.75, 3.05) is 44.7 Å². The summed E-state index contributed by atoms with van der Waals surface area (Å²) < 4.78 is 40.5. The van der Waals surface area contributed by atoms with Gasteiger partial charge in [-0.3, -0.25) is 9.69 Å². The number of hydrogen-bond acceptors (Lipinski definition) is 6. The van der Waals surface area contributed by atoms with E-state index in [1.54, 1.807) is 42.5 Å². The van der Waals surface area contributed by atoms with Crippen LogP contribution < -0.4 is 9.64 Å². The van der Waals surface area contributed by atoms with E-state index in [-0.39, 0.29) is 18.2 Å². The molecule has 0 bridgehead atoms. The number of hydrogen-bond donors (Lipinski definition) is 0. The number of piperazine rings is 1. The van der Waals surface area contributed by atoms with Crippen molar-refractivity contribution in [3.63, 3.8) is 0 Å². The molecule has 0 unspecified atom stereocenters. The summed E-state index contributed by atoms with van der Waals surface area (Å²) in [6.07, 6.45) is -1.32. The van der Waals surface area contributed by atoms with Crippen molar-refractivity contribution in [2.45, 2.75) is 12.9 Å². The minimum absolute atomic E-state index is 0.0122. The smallest absolute Gasteiger partial charge is 0.406 e. The molecule has 3 rings (SSSR count). The number of carbonyl (C=O) groups excluding carboxylic acids is 1. The monoisotopic (exact) mass is 409 g/mol. The third-order valence-corrected chi connectivity index (χ3v) is 4.48. The molecule has 0 N–H and O–H groups in total. The third kappa shape index (κ3) is 6.31. The van der Waals surface area contributed by atoms with E-state index in [1.165, 1.54) is 12.1 Å². The molecule has 0 aliphatic carbocycles. The zero-order valence-corrected chi connectivity index (χ0v) is 16.0. The van der Waals surface area contributed by atoms with Crippen LogP contribution in [0.25, 0.3) is 0 Å². The predicted molar refractivity (Wildman–Crippen MR) is 100 cm³/mol. The van der Waals surface area contributed by atoms with E-state index >= 15 is 0 Å². The summed E-state index contributed by atoms with van der Waals surface area (Å²) in [6.45, 7) is 3.18. The molecule has 1 aliphatic rings. The molecule has 1 aliphatic heterocycles. The number of amides is 1. The van der Waals surface area contributed by atoms with Crippen molar-refractivity contribution in [2.24, 2.45) is 0 Å². The molecule has 10 heteroatoms. The highest BCUT2D eigenvalue weighted by Gasteiger charge is 2.31. The minimum atomic E-state index is -4.71. The normalized spacial score (nSPS) is 14.9. The molecular formula is C19H22F3N5O2. The number of rotatable bonds is 6. The Kier molecular flexibility index (Phi) is 6.53. The highest BCUT2D eigenvalue weighted by atomic mass is 19.4. The molecule has 0 atom stereocenters. The molecule has 0 saturated carbocycles. The number of anilines is 1. The molecule has 1 saturated heterocycles. The summed E-state index contributed by atoms with van der Waals surface area (Å²) >= 11 is 0. The molecule has 156 valence electrons. The molecule has 2 aromatic rings. The van der Waals surface area contributed by atoms with Gasteiger partial charge in [0, 0.05) is 45.1 Å². The van der Waals surface area contributed by atoms with Gasteiger partial charge in [0.1, 0.15) is 5.75 Å². The van der Waals surface area contributed by atoms with Crippen molar-refractivity contribution < 1.29 is 22.7 Å². The van der Waals surface area contributed by atoms with Gasteiger partial charge in [-0.2, -0.15) is 0 Å². The fraction of sp³-hybridized carbons (Fsp3) is 0.421. The number of benzene rings is 1. The summed E-state index contributed by atoms with van der Waals surface area (Å²) in [5.41, 5.74) is 0.792. The summed E-state index contributed by atoms with van der Waals surface area (Å²) in [4.78, 5) is 26.7. The minimum Gasteiger partial charge on any atom is -0.406 e. The zero-order chi connectivity index (χ0) is 20.9. The van der Waals surface area contributed by atoms with Gasteiger partial charge in [0.15, 0.2) is 0 Å². The summed E-state index contributed by atoms with van der Waals surface area (Å²) in [5.74, 6) is 0.410. The number of carbonyl (C=O) groups is 1. The predicted octanol–water partition coefficient (Wildman–Crippen LogP) is 2.16. The van der Waals surface area contributed by atoms with Crippen LogP contribution in [0.4, 0.5) is 19.1 Å². The Morgan fingerprint density at radius 2 is 1.72 bits per heavy atom. The molecule has 7 nitrogen and oxygen atoms in total. The Labute approximate surface area is 166 Å². The largest absolute Gasteiger partial charge is 0.573 e. The van der Waals surface area contributed by atoms with E-state index in [1.807, 2.05) is 9.80 Å². The van der Waals surface area contributed by atoms with Gasteiger partial charge in [-0.15, -0.1) is 13.2 Å². The first-order chi connectivity index (χ1) is 13.8. The van der Waals surface area contributed by atoms with Crippen LogP contribution in [0.2, 0.25) is 0 Å². The third-order valence-electron chi connectivity index (χ3n) is 4.48.